The van der Waals surface area contributed by atoms with Crippen molar-refractivity contribution in [1.29, 1.82) is 0 Å². The first kappa shape index (κ1) is 16.3. The third-order valence-electron chi connectivity index (χ3n) is 2.49. The predicted molar refractivity (Wildman–Crippen MR) is 75.4 cm³/mol. The second-order valence-electron chi connectivity index (χ2n) is 5.49. The minimum Gasteiger partial charge on any atom is -0.491 e. The maximum atomic E-state index is 13.7. The van der Waals surface area contributed by atoms with Crippen molar-refractivity contribution in [2.24, 2.45) is 0 Å². The second kappa shape index (κ2) is 6.59. The van der Waals surface area contributed by atoms with Gasteiger partial charge in [0.2, 0.25) is 0 Å². The zero-order valence-electron chi connectivity index (χ0n) is 12.6. The maximum absolute atomic E-state index is 13.7. The van der Waals surface area contributed by atoms with Crippen LogP contribution in [0.5, 0.6) is 5.75 Å². The molecule has 0 saturated heterocycles. The number of amides is 1. The molecule has 1 aromatic rings. The monoisotopic (exact) mass is 283 g/mol. The molecule has 1 unspecified atom stereocenters. The van der Waals surface area contributed by atoms with Gasteiger partial charge < -0.3 is 14.8 Å². The molecule has 0 saturated carbocycles. The number of carbonyl (C=O) groups is 1. The predicted octanol–water partition coefficient (Wildman–Crippen LogP) is 3.81. The van der Waals surface area contributed by atoms with Gasteiger partial charge in [-0.1, -0.05) is 6.07 Å². The molecule has 0 fully saturated rings. The number of ether oxygens (including phenoxy) is 2. The highest BCUT2D eigenvalue weighted by Gasteiger charge is 2.18. The number of benzene rings is 1. The first-order valence-electron chi connectivity index (χ1n) is 6.64. The Morgan fingerprint density at radius 2 is 2.05 bits per heavy atom. The summed E-state index contributed by atoms with van der Waals surface area (Å²) < 4.78 is 24.0. The van der Waals surface area contributed by atoms with Gasteiger partial charge in [-0.15, -0.1) is 0 Å². The van der Waals surface area contributed by atoms with Gasteiger partial charge in [0.25, 0.3) is 0 Å². The molecular formula is C15H22FNO3. The fraction of sp³-hybridized carbons (Fsp3) is 0.533. The average Bonchev–Trinajstić information content (AvgIpc) is 2.29. The quantitative estimate of drug-likeness (QED) is 0.914. The molecule has 5 heteroatoms. The molecule has 0 aliphatic rings. The summed E-state index contributed by atoms with van der Waals surface area (Å²) in [6.07, 6.45) is -0.528. The van der Waals surface area contributed by atoms with Crippen LogP contribution in [0.4, 0.5) is 9.18 Å². The fourth-order valence-corrected chi connectivity index (χ4v) is 1.63. The Bertz CT molecular complexity index is 469. The lowest BCUT2D eigenvalue weighted by Gasteiger charge is -2.22. The standard InChI is InChI=1S/C15H22FNO3/c1-6-19-13-8-7-11(9-12(13)16)10(2)17-14(18)20-15(3,4)5/h7-10H,6H2,1-5H3,(H,17,18). The molecule has 0 spiro atoms. The van der Waals surface area contributed by atoms with Crippen molar-refractivity contribution in [3.05, 3.63) is 29.6 Å². The van der Waals surface area contributed by atoms with Crippen molar-refractivity contribution in [1.82, 2.24) is 5.32 Å². The van der Waals surface area contributed by atoms with E-state index in [1.807, 2.05) is 0 Å². The highest BCUT2D eigenvalue weighted by atomic mass is 19.1. The summed E-state index contributed by atoms with van der Waals surface area (Å²) in [5, 5.41) is 2.66. The zero-order valence-corrected chi connectivity index (χ0v) is 12.6. The Morgan fingerprint density at radius 3 is 2.55 bits per heavy atom. The molecular weight excluding hydrogens is 261 g/mol. The van der Waals surface area contributed by atoms with Gasteiger partial charge in [-0.25, -0.2) is 9.18 Å². The number of alkyl carbamates (subject to hydrolysis) is 1. The first-order valence-corrected chi connectivity index (χ1v) is 6.64. The van der Waals surface area contributed by atoms with E-state index in [0.717, 1.165) is 0 Å². The van der Waals surface area contributed by atoms with Crippen LogP contribution < -0.4 is 10.1 Å². The molecule has 1 aromatic carbocycles. The average molecular weight is 283 g/mol. The molecule has 1 amide bonds. The summed E-state index contributed by atoms with van der Waals surface area (Å²) >= 11 is 0. The number of carbonyl (C=O) groups excluding carboxylic acids is 1. The molecule has 0 aliphatic heterocycles. The summed E-state index contributed by atoms with van der Waals surface area (Å²) in [4.78, 5) is 11.6. The van der Waals surface area contributed by atoms with Crippen LogP contribution in [-0.4, -0.2) is 18.3 Å². The molecule has 0 aromatic heterocycles. The van der Waals surface area contributed by atoms with Crippen molar-refractivity contribution in [2.75, 3.05) is 6.61 Å². The van der Waals surface area contributed by atoms with Crippen molar-refractivity contribution in [3.63, 3.8) is 0 Å². The summed E-state index contributed by atoms with van der Waals surface area (Å²) in [5.41, 5.74) is 0.0882. The van der Waals surface area contributed by atoms with Crippen molar-refractivity contribution >= 4 is 6.09 Å². The first-order chi connectivity index (χ1) is 9.23. The van der Waals surface area contributed by atoms with Crippen LogP contribution in [0, 0.1) is 5.82 Å². The SMILES string of the molecule is CCOc1ccc(C(C)NC(=O)OC(C)(C)C)cc1F. The zero-order chi connectivity index (χ0) is 15.3. The van der Waals surface area contributed by atoms with Crippen molar-refractivity contribution in [3.8, 4) is 5.75 Å². The van der Waals surface area contributed by atoms with Gasteiger partial charge in [0.15, 0.2) is 11.6 Å². The van der Waals surface area contributed by atoms with Crippen molar-refractivity contribution < 1.29 is 18.7 Å². The fourth-order valence-electron chi connectivity index (χ4n) is 1.63. The van der Waals surface area contributed by atoms with Crippen LogP contribution in [0.3, 0.4) is 0 Å². The van der Waals surface area contributed by atoms with E-state index in [4.69, 9.17) is 9.47 Å². The molecule has 1 atom stereocenters. The third-order valence-corrected chi connectivity index (χ3v) is 2.49. The highest BCUT2D eigenvalue weighted by molar-refractivity contribution is 5.68. The van der Waals surface area contributed by atoms with Gasteiger partial charge >= 0.3 is 6.09 Å². The topological polar surface area (TPSA) is 47.6 Å². The van der Waals surface area contributed by atoms with Crippen LogP contribution in [-0.2, 0) is 4.74 Å². The molecule has 0 radical (unpaired) electrons. The molecule has 0 bridgehead atoms. The Hall–Kier alpha value is -1.78. The van der Waals surface area contributed by atoms with Crippen LogP contribution in [0.25, 0.3) is 0 Å². The lowest BCUT2D eigenvalue weighted by Crippen LogP contribution is -2.34. The summed E-state index contributed by atoms with van der Waals surface area (Å²) in [7, 11) is 0. The molecule has 4 nitrogen and oxygen atoms in total. The Kier molecular flexibility index (Phi) is 5.36. The Morgan fingerprint density at radius 1 is 1.40 bits per heavy atom. The van der Waals surface area contributed by atoms with Crippen LogP contribution in [0.2, 0.25) is 0 Å². The Balaban J connectivity index is 2.70. The van der Waals surface area contributed by atoms with Crippen molar-refractivity contribution in [2.45, 2.75) is 46.3 Å². The van der Waals surface area contributed by atoms with Gasteiger partial charge in [0, 0.05) is 0 Å². The number of rotatable bonds is 4. The van der Waals surface area contributed by atoms with Crippen LogP contribution in [0.1, 0.15) is 46.2 Å². The van der Waals surface area contributed by atoms with E-state index in [-0.39, 0.29) is 11.8 Å². The van der Waals surface area contributed by atoms with E-state index in [9.17, 15) is 9.18 Å². The van der Waals surface area contributed by atoms with E-state index in [1.54, 1.807) is 46.8 Å². The molecule has 20 heavy (non-hydrogen) atoms. The molecule has 1 rings (SSSR count). The smallest absolute Gasteiger partial charge is 0.408 e. The molecule has 1 N–H and O–H groups in total. The van der Waals surface area contributed by atoms with Gasteiger partial charge in [-0.2, -0.15) is 0 Å². The van der Waals surface area contributed by atoms with E-state index < -0.39 is 17.5 Å². The second-order valence-corrected chi connectivity index (χ2v) is 5.49. The van der Waals surface area contributed by atoms with E-state index in [0.29, 0.717) is 12.2 Å². The van der Waals surface area contributed by atoms with Gasteiger partial charge in [-0.3, -0.25) is 0 Å². The van der Waals surface area contributed by atoms with Crippen LogP contribution in [0.15, 0.2) is 18.2 Å². The minimum atomic E-state index is -0.562. The van der Waals surface area contributed by atoms with E-state index in [1.165, 1.54) is 6.07 Å². The number of hydrogen-bond donors (Lipinski definition) is 1. The number of hydrogen-bond acceptors (Lipinski definition) is 3. The molecule has 0 heterocycles. The maximum Gasteiger partial charge on any atom is 0.408 e. The number of nitrogens with one attached hydrogen (secondary N) is 1. The highest BCUT2D eigenvalue weighted by Crippen LogP contribution is 2.22. The molecule has 112 valence electrons. The Labute approximate surface area is 119 Å². The van der Waals surface area contributed by atoms with Crippen LogP contribution >= 0.6 is 0 Å². The largest absolute Gasteiger partial charge is 0.491 e. The normalized spacial score (nSPS) is 12.7. The lowest BCUT2D eigenvalue weighted by atomic mass is 10.1. The third kappa shape index (κ3) is 5.07. The van der Waals surface area contributed by atoms with Gasteiger partial charge in [0.05, 0.1) is 12.6 Å². The van der Waals surface area contributed by atoms with Gasteiger partial charge in [-0.05, 0) is 52.3 Å². The van der Waals surface area contributed by atoms with E-state index >= 15 is 0 Å². The minimum absolute atomic E-state index is 0.209. The summed E-state index contributed by atoms with van der Waals surface area (Å²) in [6.45, 7) is 9.32. The lowest BCUT2D eigenvalue weighted by molar-refractivity contribution is 0.0508. The number of halogens is 1. The van der Waals surface area contributed by atoms with E-state index in [2.05, 4.69) is 5.32 Å². The van der Waals surface area contributed by atoms with Gasteiger partial charge in [0.1, 0.15) is 5.60 Å². The molecule has 0 aliphatic carbocycles. The summed E-state index contributed by atoms with van der Waals surface area (Å²) in [5.74, 6) is -0.233. The summed E-state index contributed by atoms with van der Waals surface area (Å²) in [6, 6.07) is 4.28.